The van der Waals surface area contributed by atoms with Gasteiger partial charge in [0.15, 0.2) is 0 Å². The molecule has 1 aromatic rings. The molecular weight excluding hydrogens is 308 g/mol. The first-order chi connectivity index (χ1) is 11.2. The zero-order chi connectivity index (χ0) is 16.1. The number of thioether (sulfide) groups is 1. The molecule has 2 N–H and O–H groups in total. The van der Waals surface area contributed by atoms with Crippen molar-refractivity contribution in [1.82, 2.24) is 4.90 Å². The zero-order valence-corrected chi connectivity index (χ0v) is 14.4. The first-order valence-corrected chi connectivity index (χ1v) is 9.67. The van der Waals surface area contributed by atoms with Crippen LogP contribution in [0.15, 0.2) is 24.3 Å². The van der Waals surface area contributed by atoms with Crippen LogP contribution in [0.25, 0.3) is 0 Å². The zero-order valence-electron chi connectivity index (χ0n) is 13.5. The predicted molar refractivity (Wildman–Crippen MR) is 95.8 cm³/mol. The number of benzene rings is 1. The van der Waals surface area contributed by atoms with Gasteiger partial charge in [0.1, 0.15) is 0 Å². The van der Waals surface area contributed by atoms with E-state index in [1.165, 1.54) is 37.7 Å². The first kappa shape index (κ1) is 16.7. The number of rotatable bonds is 5. The normalized spacial score (nSPS) is 19.4. The van der Waals surface area contributed by atoms with E-state index in [0.717, 1.165) is 16.7 Å². The van der Waals surface area contributed by atoms with Crippen molar-refractivity contribution in [2.75, 3.05) is 25.0 Å². The summed E-state index contributed by atoms with van der Waals surface area (Å²) >= 11 is 2.05. The minimum Gasteiger partial charge on any atom is -0.396 e. The van der Waals surface area contributed by atoms with Gasteiger partial charge in [-0.2, -0.15) is 11.8 Å². The average molecular weight is 334 g/mol. The van der Waals surface area contributed by atoms with E-state index in [4.69, 9.17) is 5.11 Å². The second kappa shape index (κ2) is 8.06. The van der Waals surface area contributed by atoms with E-state index in [9.17, 15) is 4.79 Å². The second-order valence-corrected chi connectivity index (χ2v) is 7.94. The molecule has 0 unspecified atom stereocenters. The summed E-state index contributed by atoms with van der Waals surface area (Å²) in [6.07, 6.45) is 6.84. The minimum absolute atomic E-state index is 0.0632. The highest BCUT2D eigenvalue weighted by Gasteiger charge is 2.29. The SMILES string of the molecule is O=C(Nc1cccc(CSC2CCCCC2)c1)N1CC(CO)C1. The van der Waals surface area contributed by atoms with Crippen molar-refractivity contribution < 1.29 is 9.90 Å². The van der Waals surface area contributed by atoms with E-state index in [-0.39, 0.29) is 18.6 Å². The Morgan fingerprint density at radius 2 is 2.04 bits per heavy atom. The molecule has 126 valence electrons. The quantitative estimate of drug-likeness (QED) is 0.863. The van der Waals surface area contributed by atoms with Crippen molar-refractivity contribution >= 4 is 23.5 Å². The summed E-state index contributed by atoms with van der Waals surface area (Å²) in [6, 6.07) is 8.11. The molecule has 0 aromatic heterocycles. The van der Waals surface area contributed by atoms with Gasteiger partial charge in [0, 0.05) is 42.3 Å². The topological polar surface area (TPSA) is 52.6 Å². The van der Waals surface area contributed by atoms with Gasteiger partial charge in [0.05, 0.1) is 0 Å². The molecule has 1 aromatic carbocycles. The largest absolute Gasteiger partial charge is 0.396 e. The van der Waals surface area contributed by atoms with E-state index in [1.54, 1.807) is 4.90 Å². The number of hydrogen-bond donors (Lipinski definition) is 2. The second-order valence-electron chi connectivity index (χ2n) is 6.66. The number of nitrogens with zero attached hydrogens (tertiary/aromatic N) is 1. The Balaban J connectivity index is 1.48. The highest BCUT2D eigenvalue weighted by molar-refractivity contribution is 7.99. The van der Waals surface area contributed by atoms with Crippen molar-refractivity contribution in [1.29, 1.82) is 0 Å². The van der Waals surface area contributed by atoms with Gasteiger partial charge in [-0.15, -0.1) is 0 Å². The summed E-state index contributed by atoms with van der Waals surface area (Å²) in [5, 5.41) is 12.8. The lowest BCUT2D eigenvalue weighted by atomic mass is 10.0. The van der Waals surface area contributed by atoms with E-state index >= 15 is 0 Å². The maximum absolute atomic E-state index is 12.1. The molecule has 1 aliphatic heterocycles. The lowest BCUT2D eigenvalue weighted by Crippen LogP contribution is -2.52. The van der Waals surface area contributed by atoms with Gasteiger partial charge in [-0.3, -0.25) is 0 Å². The molecule has 1 saturated heterocycles. The Bertz CT molecular complexity index is 526. The van der Waals surface area contributed by atoms with E-state index in [1.807, 2.05) is 12.1 Å². The van der Waals surface area contributed by atoms with Crippen LogP contribution in [-0.4, -0.2) is 41.0 Å². The van der Waals surface area contributed by atoms with Crippen molar-refractivity contribution in [3.8, 4) is 0 Å². The fraction of sp³-hybridized carbons (Fsp3) is 0.611. The summed E-state index contributed by atoms with van der Waals surface area (Å²) in [7, 11) is 0. The Labute approximate surface area is 142 Å². The van der Waals surface area contributed by atoms with Crippen LogP contribution in [-0.2, 0) is 5.75 Å². The molecule has 0 radical (unpaired) electrons. The van der Waals surface area contributed by atoms with Gasteiger partial charge in [-0.25, -0.2) is 4.79 Å². The number of nitrogens with one attached hydrogen (secondary N) is 1. The maximum atomic E-state index is 12.1. The minimum atomic E-state index is -0.0632. The molecule has 2 aliphatic rings. The molecule has 0 spiro atoms. The van der Waals surface area contributed by atoms with E-state index in [0.29, 0.717) is 13.1 Å². The number of aliphatic hydroxyl groups is 1. The van der Waals surface area contributed by atoms with Gasteiger partial charge in [0.25, 0.3) is 0 Å². The van der Waals surface area contributed by atoms with Crippen LogP contribution in [0.4, 0.5) is 10.5 Å². The standard InChI is InChI=1S/C18H26N2O2S/c21-12-15-10-20(11-15)18(22)19-16-6-4-5-14(9-16)13-23-17-7-2-1-3-8-17/h4-6,9,15,17,21H,1-3,7-8,10-13H2,(H,19,22). The molecule has 1 aliphatic carbocycles. The fourth-order valence-corrected chi connectivity index (χ4v) is 4.51. The molecule has 2 fully saturated rings. The summed E-state index contributed by atoms with van der Waals surface area (Å²) < 4.78 is 0. The van der Waals surface area contributed by atoms with Crippen molar-refractivity contribution in [2.24, 2.45) is 5.92 Å². The Kier molecular flexibility index (Phi) is 5.84. The molecule has 5 heteroatoms. The molecule has 4 nitrogen and oxygen atoms in total. The van der Waals surface area contributed by atoms with Gasteiger partial charge in [-0.1, -0.05) is 31.4 Å². The van der Waals surface area contributed by atoms with Crippen LogP contribution in [0.1, 0.15) is 37.7 Å². The number of urea groups is 1. The number of carbonyl (C=O) groups is 1. The number of carbonyl (C=O) groups excluding carboxylic acids is 1. The van der Waals surface area contributed by atoms with Crippen LogP contribution >= 0.6 is 11.8 Å². The van der Waals surface area contributed by atoms with Gasteiger partial charge >= 0.3 is 6.03 Å². The molecular formula is C18H26N2O2S. The van der Waals surface area contributed by atoms with Crippen molar-refractivity contribution in [2.45, 2.75) is 43.1 Å². The third kappa shape index (κ3) is 4.64. The van der Waals surface area contributed by atoms with Gasteiger partial charge in [0.2, 0.25) is 0 Å². The highest BCUT2D eigenvalue weighted by Crippen LogP contribution is 2.31. The number of likely N-dealkylation sites (tertiary alicyclic amines) is 1. The highest BCUT2D eigenvalue weighted by atomic mass is 32.2. The molecule has 0 atom stereocenters. The van der Waals surface area contributed by atoms with E-state index < -0.39 is 0 Å². The van der Waals surface area contributed by atoms with E-state index in [2.05, 4.69) is 29.2 Å². The molecule has 23 heavy (non-hydrogen) atoms. The van der Waals surface area contributed by atoms with Crippen LogP contribution < -0.4 is 5.32 Å². The van der Waals surface area contributed by atoms with Crippen molar-refractivity contribution in [3.63, 3.8) is 0 Å². The molecule has 1 saturated carbocycles. The Hall–Kier alpha value is -1.20. The molecule has 1 heterocycles. The predicted octanol–water partition coefficient (Wildman–Crippen LogP) is 3.71. The van der Waals surface area contributed by atoms with Gasteiger partial charge < -0.3 is 15.3 Å². The average Bonchev–Trinajstić information content (AvgIpc) is 2.53. The third-order valence-corrected chi connectivity index (χ3v) is 6.16. The Morgan fingerprint density at radius 1 is 1.26 bits per heavy atom. The summed E-state index contributed by atoms with van der Waals surface area (Å²) in [5.74, 6) is 1.27. The van der Waals surface area contributed by atoms with Crippen molar-refractivity contribution in [3.05, 3.63) is 29.8 Å². The Morgan fingerprint density at radius 3 is 2.78 bits per heavy atom. The molecule has 3 rings (SSSR count). The number of hydrogen-bond acceptors (Lipinski definition) is 3. The first-order valence-electron chi connectivity index (χ1n) is 8.62. The molecule has 0 bridgehead atoms. The lowest BCUT2D eigenvalue weighted by molar-refractivity contribution is 0.0838. The van der Waals surface area contributed by atoms with Crippen LogP contribution in [0.5, 0.6) is 0 Å². The number of amides is 2. The summed E-state index contributed by atoms with van der Waals surface area (Å²) in [6.45, 7) is 1.47. The van der Waals surface area contributed by atoms with Crippen LogP contribution in [0.3, 0.4) is 0 Å². The smallest absolute Gasteiger partial charge is 0.321 e. The third-order valence-electron chi connectivity index (χ3n) is 4.72. The summed E-state index contributed by atoms with van der Waals surface area (Å²) in [4.78, 5) is 13.8. The fourth-order valence-electron chi connectivity index (χ4n) is 3.24. The number of aliphatic hydroxyl groups excluding tert-OH is 1. The van der Waals surface area contributed by atoms with Gasteiger partial charge in [-0.05, 0) is 30.5 Å². The van der Waals surface area contributed by atoms with Crippen LogP contribution in [0.2, 0.25) is 0 Å². The summed E-state index contributed by atoms with van der Waals surface area (Å²) in [5.41, 5.74) is 2.14. The number of anilines is 1. The lowest BCUT2D eigenvalue weighted by Gasteiger charge is -2.38. The van der Waals surface area contributed by atoms with Crippen LogP contribution in [0, 0.1) is 5.92 Å². The molecule has 2 amide bonds. The monoisotopic (exact) mass is 334 g/mol. The maximum Gasteiger partial charge on any atom is 0.321 e.